The Morgan fingerprint density at radius 2 is 2.24 bits per heavy atom. The first-order chi connectivity index (χ1) is 10.0. The van der Waals surface area contributed by atoms with Crippen molar-refractivity contribution in [3.63, 3.8) is 0 Å². The fourth-order valence-electron chi connectivity index (χ4n) is 1.99. The van der Waals surface area contributed by atoms with Crippen LogP contribution in [0.5, 0.6) is 5.75 Å². The van der Waals surface area contributed by atoms with Gasteiger partial charge in [-0.2, -0.15) is 5.26 Å². The number of aliphatic hydroxyl groups excluding tert-OH is 1. The van der Waals surface area contributed by atoms with Crippen LogP contribution in [0, 0.1) is 14.9 Å². The highest BCUT2D eigenvalue weighted by Crippen LogP contribution is 2.32. The van der Waals surface area contributed by atoms with E-state index in [0.29, 0.717) is 24.0 Å². The van der Waals surface area contributed by atoms with E-state index >= 15 is 0 Å². The molecule has 2 aromatic rings. The van der Waals surface area contributed by atoms with Gasteiger partial charge in [0.05, 0.1) is 14.5 Å². The molecule has 0 amide bonds. The van der Waals surface area contributed by atoms with E-state index in [2.05, 4.69) is 39.0 Å². The lowest BCUT2D eigenvalue weighted by Gasteiger charge is -2.15. The largest absolute Gasteiger partial charge is 0.490 e. The van der Waals surface area contributed by atoms with Crippen LogP contribution in [-0.2, 0) is 0 Å². The van der Waals surface area contributed by atoms with Gasteiger partial charge in [-0.1, -0.05) is 19.9 Å². The number of rotatable bonds is 6. The summed E-state index contributed by atoms with van der Waals surface area (Å²) >= 11 is 2.13. The number of hydrogen-bond donors (Lipinski definition) is 3. The smallest absolute Gasteiger partial charge is 0.132 e. The van der Waals surface area contributed by atoms with E-state index in [1.165, 1.54) is 0 Å². The van der Waals surface area contributed by atoms with Crippen molar-refractivity contribution < 1.29 is 9.84 Å². The Labute approximate surface area is 137 Å². The summed E-state index contributed by atoms with van der Waals surface area (Å²) in [6.07, 6.45) is -0.574. The van der Waals surface area contributed by atoms with E-state index in [0.717, 1.165) is 14.5 Å². The van der Waals surface area contributed by atoms with Gasteiger partial charge in [0.1, 0.15) is 30.2 Å². The number of H-pyrrole nitrogens is 1. The van der Waals surface area contributed by atoms with E-state index in [1.807, 2.05) is 32.0 Å². The molecule has 1 aromatic heterocycles. The molecule has 0 saturated carbocycles. The van der Waals surface area contributed by atoms with Gasteiger partial charge in [-0.05, 0) is 34.7 Å². The van der Waals surface area contributed by atoms with Gasteiger partial charge in [0.2, 0.25) is 0 Å². The number of nitrogens with one attached hydrogen (secondary N) is 2. The van der Waals surface area contributed by atoms with Gasteiger partial charge in [-0.3, -0.25) is 0 Å². The standard InChI is InChI=1S/C15H18IN3O2/c1-9(2)18-7-10(20)8-21-13-5-3-4-11-14(13)15(16)12(6-17)19-11/h3-5,9-10,18-20H,7-8H2,1-2H3. The Morgan fingerprint density at radius 1 is 1.48 bits per heavy atom. The molecule has 2 rings (SSSR count). The molecule has 0 bridgehead atoms. The maximum absolute atomic E-state index is 9.90. The average Bonchev–Trinajstić information content (AvgIpc) is 2.80. The second-order valence-electron chi connectivity index (χ2n) is 5.13. The predicted octanol–water partition coefficient (Wildman–Crippen LogP) is 2.38. The highest BCUT2D eigenvalue weighted by atomic mass is 127. The molecule has 0 radical (unpaired) electrons. The third-order valence-electron chi connectivity index (χ3n) is 3.03. The summed E-state index contributed by atoms with van der Waals surface area (Å²) < 4.78 is 6.57. The number of benzene rings is 1. The summed E-state index contributed by atoms with van der Waals surface area (Å²) in [5.41, 5.74) is 1.40. The van der Waals surface area contributed by atoms with Crippen molar-refractivity contribution in [3.05, 3.63) is 27.5 Å². The number of hydrogen-bond acceptors (Lipinski definition) is 4. The van der Waals surface area contributed by atoms with Crippen molar-refractivity contribution in [1.82, 2.24) is 10.3 Å². The topological polar surface area (TPSA) is 81.1 Å². The molecule has 0 saturated heterocycles. The van der Waals surface area contributed by atoms with Gasteiger partial charge in [-0.15, -0.1) is 0 Å². The summed E-state index contributed by atoms with van der Waals surface area (Å²) in [5, 5.41) is 23.0. The molecule has 0 aliphatic rings. The molecule has 21 heavy (non-hydrogen) atoms. The number of halogens is 1. The van der Waals surface area contributed by atoms with Gasteiger partial charge in [-0.25, -0.2) is 0 Å². The van der Waals surface area contributed by atoms with Crippen LogP contribution in [0.1, 0.15) is 19.5 Å². The van der Waals surface area contributed by atoms with Crippen molar-refractivity contribution in [2.75, 3.05) is 13.2 Å². The first kappa shape index (κ1) is 16.1. The van der Waals surface area contributed by atoms with Crippen molar-refractivity contribution in [1.29, 1.82) is 5.26 Å². The lowest BCUT2D eigenvalue weighted by Crippen LogP contribution is -2.35. The van der Waals surface area contributed by atoms with E-state index in [9.17, 15) is 5.11 Å². The Hall–Kier alpha value is -1.30. The SMILES string of the molecule is CC(C)NCC(O)COc1cccc2[nH]c(C#N)c(I)c12. The number of aliphatic hydroxyl groups is 1. The zero-order valence-corrected chi connectivity index (χ0v) is 14.1. The fourth-order valence-corrected chi connectivity index (χ4v) is 2.80. The molecule has 3 N–H and O–H groups in total. The molecule has 6 heteroatoms. The van der Waals surface area contributed by atoms with Crippen LogP contribution in [0.15, 0.2) is 18.2 Å². The molecule has 1 heterocycles. The molecule has 0 aliphatic carbocycles. The monoisotopic (exact) mass is 399 g/mol. The van der Waals surface area contributed by atoms with Crippen LogP contribution in [0.4, 0.5) is 0 Å². The number of aromatic amines is 1. The molecule has 5 nitrogen and oxygen atoms in total. The summed E-state index contributed by atoms with van der Waals surface area (Å²) in [7, 11) is 0. The summed E-state index contributed by atoms with van der Waals surface area (Å²) in [6.45, 7) is 4.75. The highest BCUT2D eigenvalue weighted by molar-refractivity contribution is 14.1. The number of nitriles is 1. The van der Waals surface area contributed by atoms with Crippen LogP contribution in [0.3, 0.4) is 0 Å². The van der Waals surface area contributed by atoms with Gasteiger partial charge in [0, 0.05) is 12.6 Å². The first-order valence-corrected chi connectivity index (χ1v) is 7.85. The van der Waals surface area contributed by atoms with Gasteiger partial charge >= 0.3 is 0 Å². The summed E-state index contributed by atoms with van der Waals surface area (Å²) in [4.78, 5) is 3.06. The minimum absolute atomic E-state index is 0.210. The molecule has 0 spiro atoms. The van der Waals surface area contributed by atoms with Crippen LogP contribution in [0.25, 0.3) is 10.9 Å². The number of nitrogens with zero attached hydrogens (tertiary/aromatic N) is 1. The Kier molecular flexibility index (Phi) is 5.45. The van der Waals surface area contributed by atoms with Crippen molar-refractivity contribution in [2.45, 2.75) is 26.0 Å². The predicted molar refractivity (Wildman–Crippen MR) is 90.4 cm³/mol. The van der Waals surface area contributed by atoms with Crippen LogP contribution < -0.4 is 10.1 Å². The van der Waals surface area contributed by atoms with Gasteiger partial charge < -0.3 is 20.1 Å². The minimum Gasteiger partial charge on any atom is -0.490 e. The quantitative estimate of drug-likeness (QED) is 0.652. The first-order valence-electron chi connectivity index (χ1n) is 6.77. The molecule has 1 aromatic carbocycles. The maximum atomic E-state index is 9.90. The van der Waals surface area contributed by atoms with E-state index in [1.54, 1.807) is 0 Å². The summed E-state index contributed by atoms with van der Waals surface area (Å²) in [5.74, 6) is 0.679. The maximum Gasteiger partial charge on any atom is 0.132 e. The molecule has 1 atom stereocenters. The second kappa shape index (κ2) is 7.11. The fraction of sp³-hybridized carbons (Fsp3) is 0.400. The third-order valence-corrected chi connectivity index (χ3v) is 4.11. The zero-order valence-electron chi connectivity index (χ0n) is 12.0. The Bertz CT molecular complexity index is 661. The molecular formula is C15H18IN3O2. The molecule has 0 aliphatic heterocycles. The number of aromatic nitrogens is 1. The van der Waals surface area contributed by atoms with Crippen molar-refractivity contribution in [2.24, 2.45) is 0 Å². The van der Waals surface area contributed by atoms with E-state index in [-0.39, 0.29) is 6.61 Å². The van der Waals surface area contributed by atoms with Crippen LogP contribution in [-0.4, -0.2) is 35.4 Å². The van der Waals surface area contributed by atoms with E-state index < -0.39 is 6.10 Å². The number of fused-ring (bicyclic) bond motifs is 1. The third kappa shape index (κ3) is 3.87. The van der Waals surface area contributed by atoms with Crippen LogP contribution in [0.2, 0.25) is 0 Å². The molecular weight excluding hydrogens is 381 g/mol. The van der Waals surface area contributed by atoms with Crippen molar-refractivity contribution >= 4 is 33.5 Å². The minimum atomic E-state index is -0.574. The average molecular weight is 399 g/mol. The second-order valence-corrected chi connectivity index (χ2v) is 6.21. The highest BCUT2D eigenvalue weighted by Gasteiger charge is 2.14. The van der Waals surface area contributed by atoms with E-state index in [4.69, 9.17) is 10.00 Å². The van der Waals surface area contributed by atoms with Gasteiger partial charge in [0.25, 0.3) is 0 Å². The van der Waals surface area contributed by atoms with Crippen LogP contribution >= 0.6 is 22.6 Å². The summed E-state index contributed by atoms with van der Waals surface area (Å²) in [6, 6.07) is 8.08. The molecule has 0 fully saturated rings. The Morgan fingerprint density at radius 3 is 2.90 bits per heavy atom. The normalized spacial score (nSPS) is 12.6. The zero-order chi connectivity index (χ0) is 15.4. The van der Waals surface area contributed by atoms with Crippen molar-refractivity contribution in [3.8, 4) is 11.8 Å². The lowest BCUT2D eigenvalue weighted by atomic mass is 10.2. The Balaban J connectivity index is 2.12. The lowest BCUT2D eigenvalue weighted by molar-refractivity contribution is 0.105. The number of ether oxygens (including phenoxy) is 1. The molecule has 1 unspecified atom stereocenters. The van der Waals surface area contributed by atoms with Gasteiger partial charge in [0.15, 0.2) is 0 Å². The molecule has 112 valence electrons.